The molecule has 2 N–H and O–H groups in total. The van der Waals surface area contributed by atoms with E-state index in [-0.39, 0.29) is 0 Å². The molecule has 1 aromatic heterocycles. The highest BCUT2D eigenvalue weighted by Gasteiger charge is 2.02. The number of hydrogen-bond acceptors (Lipinski definition) is 4. The van der Waals surface area contributed by atoms with E-state index in [4.69, 9.17) is 11.0 Å². The molecule has 1 heterocycles. The van der Waals surface area contributed by atoms with E-state index in [1.807, 2.05) is 12.1 Å². The van der Waals surface area contributed by atoms with Gasteiger partial charge in [0.15, 0.2) is 0 Å². The van der Waals surface area contributed by atoms with Gasteiger partial charge in [0.1, 0.15) is 12.7 Å². The summed E-state index contributed by atoms with van der Waals surface area (Å²) >= 11 is 0. The number of rotatable bonds is 2. The third-order valence-corrected chi connectivity index (χ3v) is 2.08. The lowest BCUT2D eigenvalue weighted by molar-refractivity contribution is 0.877. The number of nitrogens with zero attached hydrogens (tertiary/aromatic N) is 4. The van der Waals surface area contributed by atoms with Gasteiger partial charge in [0, 0.05) is 5.69 Å². The van der Waals surface area contributed by atoms with Crippen LogP contribution in [-0.4, -0.2) is 14.8 Å². The molecule has 0 fully saturated rings. The van der Waals surface area contributed by atoms with Gasteiger partial charge in [-0.3, -0.25) is 0 Å². The molecule has 2 rings (SSSR count). The van der Waals surface area contributed by atoms with Crippen molar-refractivity contribution in [1.29, 1.82) is 5.26 Å². The predicted octanol–water partition coefficient (Wildman–Crippen LogP) is 0.916. The van der Waals surface area contributed by atoms with Crippen LogP contribution in [0.15, 0.2) is 30.9 Å². The first kappa shape index (κ1) is 9.21. The molecule has 0 aliphatic heterocycles. The van der Waals surface area contributed by atoms with Gasteiger partial charge in [-0.1, -0.05) is 0 Å². The van der Waals surface area contributed by atoms with Crippen LogP contribution in [-0.2, 0) is 6.42 Å². The van der Waals surface area contributed by atoms with Crippen molar-refractivity contribution in [3.8, 4) is 11.8 Å². The van der Waals surface area contributed by atoms with E-state index in [2.05, 4.69) is 16.2 Å². The summed E-state index contributed by atoms with van der Waals surface area (Å²) in [5.41, 5.74) is 8.02. The van der Waals surface area contributed by atoms with Gasteiger partial charge < -0.3 is 5.73 Å². The zero-order valence-electron chi connectivity index (χ0n) is 7.96. The van der Waals surface area contributed by atoms with Gasteiger partial charge in [0.25, 0.3) is 0 Å². The normalized spacial score (nSPS) is 9.80. The van der Waals surface area contributed by atoms with Crippen molar-refractivity contribution in [3.63, 3.8) is 0 Å². The third kappa shape index (κ3) is 1.79. The number of aromatic nitrogens is 3. The SMILES string of the molecule is N#CCc1cc(-n2cncn2)ccc1N. The van der Waals surface area contributed by atoms with Crippen LogP contribution in [0.5, 0.6) is 0 Å². The Hall–Kier alpha value is -2.35. The first-order chi connectivity index (χ1) is 7.31. The fourth-order valence-corrected chi connectivity index (χ4v) is 1.31. The molecule has 0 spiro atoms. The summed E-state index contributed by atoms with van der Waals surface area (Å²) in [5.74, 6) is 0. The van der Waals surface area contributed by atoms with Crippen LogP contribution in [0, 0.1) is 11.3 Å². The molecule has 1 aromatic carbocycles. The maximum absolute atomic E-state index is 8.63. The average molecular weight is 199 g/mol. The Bertz CT molecular complexity index is 495. The molecule has 0 bridgehead atoms. The molecule has 15 heavy (non-hydrogen) atoms. The molecule has 0 amide bonds. The van der Waals surface area contributed by atoms with Crippen molar-refractivity contribution in [3.05, 3.63) is 36.4 Å². The van der Waals surface area contributed by atoms with Crippen LogP contribution in [0.25, 0.3) is 5.69 Å². The lowest BCUT2D eigenvalue weighted by Crippen LogP contribution is -1.99. The average Bonchev–Trinajstić information content (AvgIpc) is 2.75. The van der Waals surface area contributed by atoms with E-state index in [1.165, 1.54) is 6.33 Å². The minimum absolute atomic E-state index is 0.300. The predicted molar refractivity (Wildman–Crippen MR) is 55.1 cm³/mol. The lowest BCUT2D eigenvalue weighted by Gasteiger charge is -2.05. The molecule has 5 nitrogen and oxygen atoms in total. The second-order valence-corrected chi connectivity index (χ2v) is 3.06. The quantitative estimate of drug-likeness (QED) is 0.729. The van der Waals surface area contributed by atoms with E-state index >= 15 is 0 Å². The number of hydrogen-bond donors (Lipinski definition) is 1. The Balaban J connectivity index is 2.44. The summed E-state index contributed by atoms with van der Waals surface area (Å²) in [6.45, 7) is 0. The van der Waals surface area contributed by atoms with E-state index < -0.39 is 0 Å². The highest BCUT2D eigenvalue weighted by Crippen LogP contribution is 2.16. The Morgan fingerprint density at radius 1 is 1.47 bits per heavy atom. The minimum Gasteiger partial charge on any atom is -0.398 e. The highest BCUT2D eigenvalue weighted by molar-refractivity contribution is 5.53. The maximum atomic E-state index is 8.63. The van der Waals surface area contributed by atoms with Crippen LogP contribution in [0.3, 0.4) is 0 Å². The smallest absolute Gasteiger partial charge is 0.138 e. The molecule has 2 aromatic rings. The number of nitriles is 1. The van der Waals surface area contributed by atoms with Crippen molar-refractivity contribution < 1.29 is 0 Å². The van der Waals surface area contributed by atoms with Gasteiger partial charge >= 0.3 is 0 Å². The maximum Gasteiger partial charge on any atom is 0.138 e. The molecule has 0 saturated carbocycles. The van der Waals surface area contributed by atoms with Crippen LogP contribution in [0.2, 0.25) is 0 Å². The summed E-state index contributed by atoms with van der Waals surface area (Å²) in [7, 11) is 0. The minimum atomic E-state index is 0.300. The Kier molecular flexibility index (Phi) is 2.33. The van der Waals surface area contributed by atoms with Gasteiger partial charge in [0.05, 0.1) is 18.2 Å². The molecule has 0 aliphatic carbocycles. The van der Waals surface area contributed by atoms with Crippen LogP contribution < -0.4 is 5.73 Å². The Morgan fingerprint density at radius 3 is 3.00 bits per heavy atom. The van der Waals surface area contributed by atoms with Crippen molar-refractivity contribution >= 4 is 5.69 Å². The second kappa shape index (κ2) is 3.80. The topological polar surface area (TPSA) is 80.5 Å². The first-order valence-electron chi connectivity index (χ1n) is 4.41. The highest BCUT2D eigenvalue weighted by atomic mass is 15.3. The molecule has 0 radical (unpaired) electrons. The number of nitrogen functional groups attached to an aromatic ring is 1. The van der Waals surface area contributed by atoms with Crippen LogP contribution in [0.4, 0.5) is 5.69 Å². The molecule has 0 saturated heterocycles. The third-order valence-electron chi connectivity index (χ3n) is 2.08. The Labute approximate surface area is 86.8 Å². The molecule has 0 aliphatic rings. The van der Waals surface area contributed by atoms with E-state index in [1.54, 1.807) is 17.1 Å². The molecule has 0 unspecified atom stereocenters. The zero-order chi connectivity index (χ0) is 10.7. The van der Waals surface area contributed by atoms with E-state index in [9.17, 15) is 0 Å². The van der Waals surface area contributed by atoms with Gasteiger partial charge in [-0.05, 0) is 23.8 Å². The van der Waals surface area contributed by atoms with Gasteiger partial charge in [0.2, 0.25) is 0 Å². The fourth-order valence-electron chi connectivity index (χ4n) is 1.31. The molecule has 74 valence electrons. The number of anilines is 1. The standard InChI is InChI=1S/C10H9N5/c11-4-3-8-5-9(1-2-10(8)12)15-7-13-6-14-15/h1-2,5-7H,3,12H2. The van der Waals surface area contributed by atoms with Crippen molar-refractivity contribution in [2.24, 2.45) is 0 Å². The van der Waals surface area contributed by atoms with E-state index in [0.29, 0.717) is 12.1 Å². The fraction of sp³-hybridized carbons (Fsp3) is 0.100. The van der Waals surface area contributed by atoms with Crippen molar-refractivity contribution in [1.82, 2.24) is 14.8 Å². The Morgan fingerprint density at radius 2 is 2.33 bits per heavy atom. The van der Waals surface area contributed by atoms with E-state index in [0.717, 1.165) is 11.3 Å². The van der Waals surface area contributed by atoms with Crippen LogP contribution in [0.1, 0.15) is 5.56 Å². The van der Waals surface area contributed by atoms with Crippen molar-refractivity contribution in [2.45, 2.75) is 6.42 Å². The zero-order valence-corrected chi connectivity index (χ0v) is 7.96. The lowest BCUT2D eigenvalue weighted by atomic mass is 10.1. The summed E-state index contributed by atoms with van der Waals surface area (Å²) in [5, 5.41) is 12.6. The molecular weight excluding hydrogens is 190 g/mol. The summed E-state index contributed by atoms with van der Waals surface area (Å²) < 4.78 is 1.63. The van der Waals surface area contributed by atoms with Gasteiger partial charge in [-0.15, -0.1) is 0 Å². The number of benzene rings is 1. The molecule has 0 atom stereocenters. The van der Waals surface area contributed by atoms with Crippen LogP contribution >= 0.6 is 0 Å². The molecular formula is C10H9N5. The summed E-state index contributed by atoms with van der Waals surface area (Å²) in [6.07, 6.45) is 3.36. The van der Waals surface area contributed by atoms with Gasteiger partial charge in [-0.25, -0.2) is 9.67 Å². The summed E-state index contributed by atoms with van der Waals surface area (Å²) in [4.78, 5) is 3.85. The summed E-state index contributed by atoms with van der Waals surface area (Å²) in [6, 6.07) is 7.52. The monoisotopic (exact) mass is 199 g/mol. The van der Waals surface area contributed by atoms with Gasteiger partial charge in [-0.2, -0.15) is 10.4 Å². The molecule has 5 heteroatoms. The number of nitrogens with two attached hydrogens (primary N) is 1. The largest absolute Gasteiger partial charge is 0.398 e. The second-order valence-electron chi connectivity index (χ2n) is 3.06. The first-order valence-corrected chi connectivity index (χ1v) is 4.41. The van der Waals surface area contributed by atoms with Crippen molar-refractivity contribution in [2.75, 3.05) is 5.73 Å².